The zero-order valence-electron chi connectivity index (χ0n) is 35.9. The molecule has 0 saturated heterocycles. The first-order valence-electron chi connectivity index (χ1n) is 22.6. The van der Waals surface area contributed by atoms with Crippen LogP contribution in [-0.2, 0) is 10.8 Å². The van der Waals surface area contributed by atoms with E-state index in [1.165, 1.54) is 61.2 Å². The molecule has 306 valence electrons. The lowest BCUT2D eigenvalue weighted by atomic mass is 9.67. The standard InChI is InChI=1S/C63H43NO/c1-62(43-20-5-2-6-21-43)56-32-14-11-27-50(56)52-37-35-47(40-58(52)62)64(46-26-17-19-42(39-46)49-30-18-31-55-54-29-13-16-34-60(54)65-61(49)55)48-36-38-53-51-28-12-15-33-57(51)63(59(53)41-48,44-22-7-3-8-23-44)45-24-9-4-10-25-45/h2-41H,1H3. The van der Waals surface area contributed by atoms with Gasteiger partial charge in [-0.1, -0.05) is 200 Å². The molecule has 2 aliphatic carbocycles. The van der Waals surface area contributed by atoms with Gasteiger partial charge in [0.2, 0.25) is 0 Å². The molecule has 0 saturated carbocycles. The van der Waals surface area contributed by atoms with Crippen LogP contribution in [0.4, 0.5) is 17.1 Å². The highest BCUT2D eigenvalue weighted by Gasteiger charge is 2.46. The first kappa shape index (κ1) is 37.4. The Kier molecular flexibility index (Phi) is 8.29. The first-order chi connectivity index (χ1) is 32.1. The van der Waals surface area contributed by atoms with Crippen molar-refractivity contribution in [1.82, 2.24) is 0 Å². The first-order valence-corrected chi connectivity index (χ1v) is 22.6. The Labute approximate surface area is 379 Å². The van der Waals surface area contributed by atoms with Crippen LogP contribution in [0.1, 0.15) is 45.9 Å². The Morgan fingerprint density at radius 3 is 1.54 bits per heavy atom. The van der Waals surface area contributed by atoms with Crippen molar-refractivity contribution in [2.45, 2.75) is 17.8 Å². The summed E-state index contributed by atoms with van der Waals surface area (Å²) in [6, 6.07) is 89.2. The van der Waals surface area contributed by atoms with Gasteiger partial charge in [-0.15, -0.1) is 0 Å². The summed E-state index contributed by atoms with van der Waals surface area (Å²) in [5, 5.41) is 2.25. The van der Waals surface area contributed by atoms with Crippen LogP contribution in [0.3, 0.4) is 0 Å². The van der Waals surface area contributed by atoms with Gasteiger partial charge in [-0.05, 0) is 116 Å². The molecule has 13 rings (SSSR count). The number of furan rings is 1. The van der Waals surface area contributed by atoms with E-state index in [0.29, 0.717) is 0 Å². The van der Waals surface area contributed by atoms with E-state index in [0.717, 1.165) is 50.1 Å². The van der Waals surface area contributed by atoms with Crippen molar-refractivity contribution in [1.29, 1.82) is 0 Å². The monoisotopic (exact) mass is 829 g/mol. The van der Waals surface area contributed by atoms with Gasteiger partial charge >= 0.3 is 0 Å². The number of benzene rings is 10. The maximum atomic E-state index is 6.63. The van der Waals surface area contributed by atoms with E-state index in [4.69, 9.17) is 4.42 Å². The van der Waals surface area contributed by atoms with Crippen molar-refractivity contribution in [2.75, 3.05) is 4.90 Å². The molecule has 11 aromatic rings. The van der Waals surface area contributed by atoms with E-state index in [-0.39, 0.29) is 5.41 Å². The molecule has 2 aliphatic rings. The highest BCUT2D eigenvalue weighted by atomic mass is 16.3. The summed E-state index contributed by atoms with van der Waals surface area (Å²) in [5.74, 6) is 0. The predicted octanol–water partition coefficient (Wildman–Crippen LogP) is 16.4. The fourth-order valence-electron chi connectivity index (χ4n) is 11.5. The second kappa shape index (κ2) is 14.4. The molecule has 0 bridgehead atoms. The smallest absolute Gasteiger partial charge is 0.143 e. The summed E-state index contributed by atoms with van der Waals surface area (Å²) in [5.41, 5.74) is 20.4. The Morgan fingerprint density at radius 1 is 0.338 bits per heavy atom. The van der Waals surface area contributed by atoms with Crippen molar-refractivity contribution in [3.63, 3.8) is 0 Å². The SMILES string of the molecule is CC1(c2ccccc2)c2ccccc2-c2ccc(N(c3cccc(-c4cccc5c4oc4ccccc45)c3)c3ccc4c(c3)C(c3ccccc3)(c3ccccc3)c3ccccc3-4)cc21. The zero-order valence-corrected chi connectivity index (χ0v) is 35.9. The molecular weight excluding hydrogens is 787 g/mol. The van der Waals surface area contributed by atoms with Crippen LogP contribution < -0.4 is 4.90 Å². The lowest BCUT2D eigenvalue weighted by Gasteiger charge is -2.35. The van der Waals surface area contributed by atoms with Gasteiger partial charge < -0.3 is 9.32 Å². The number of hydrogen-bond acceptors (Lipinski definition) is 2. The third kappa shape index (κ3) is 5.41. The third-order valence-corrected chi connectivity index (χ3v) is 14.4. The molecule has 0 spiro atoms. The van der Waals surface area contributed by atoms with E-state index in [1.54, 1.807) is 0 Å². The van der Waals surface area contributed by atoms with E-state index in [9.17, 15) is 0 Å². The van der Waals surface area contributed by atoms with Gasteiger partial charge in [0.1, 0.15) is 11.2 Å². The number of fused-ring (bicyclic) bond motifs is 9. The lowest BCUT2D eigenvalue weighted by molar-refractivity contribution is 0.670. The van der Waals surface area contributed by atoms with Gasteiger partial charge in [0.05, 0.1) is 5.41 Å². The van der Waals surface area contributed by atoms with Gasteiger partial charge in [-0.3, -0.25) is 0 Å². The van der Waals surface area contributed by atoms with Crippen LogP contribution in [0.25, 0.3) is 55.3 Å². The minimum Gasteiger partial charge on any atom is -0.455 e. The van der Waals surface area contributed by atoms with Crippen molar-refractivity contribution in [3.05, 3.63) is 282 Å². The number of anilines is 3. The topological polar surface area (TPSA) is 16.4 Å². The average molecular weight is 830 g/mol. The fraction of sp³-hybridized carbons (Fsp3) is 0.0476. The number of para-hydroxylation sites is 2. The Hall–Kier alpha value is -8.20. The van der Waals surface area contributed by atoms with Crippen LogP contribution in [0.15, 0.2) is 247 Å². The van der Waals surface area contributed by atoms with Crippen LogP contribution in [-0.4, -0.2) is 0 Å². The van der Waals surface area contributed by atoms with Crippen LogP contribution in [0, 0.1) is 0 Å². The zero-order chi connectivity index (χ0) is 43.1. The summed E-state index contributed by atoms with van der Waals surface area (Å²) in [6.07, 6.45) is 0. The van der Waals surface area contributed by atoms with E-state index >= 15 is 0 Å². The van der Waals surface area contributed by atoms with Crippen LogP contribution in [0.2, 0.25) is 0 Å². The summed E-state index contributed by atoms with van der Waals surface area (Å²) in [4.78, 5) is 2.47. The molecule has 0 aliphatic heterocycles. The fourth-order valence-corrected chi connectivity index (χ4v) is 11.5. The Morgan fingerprint density at radius 2 is 0.831 bits per heavy atom. The van der Waals surface area contributed by atoms with E-state index in [1.807, 2.05) is 6.07 Å². The molecule has 0 amide bonds. The van der Waals surface area contributed by atoms with Gasteiger partial charge in [0, 0.05) is 38.8 Å². The predicted molar refractivity (Wildman–Crippen MR) is 269 cm³/mol. The normalized spacial score (nSPS) is 15.3. The van der Waals surface area contributed by atoms with Gasteiger partial charge in [-0.2, -0.15) is 0 Å². The molecule has 1 aromatic heterocycles. The number of rotatable bonds is 7. The minimum atomic E-state index is -0.541. The lowest BCUT2D eigenvalue weighted by Crippen LogP contribution is -2.28. The molecule has 2 nitrogen and oxygen atoms in total. The maximum Gasteiger partial charge on any atom is 0.143 e. The van der Waals surface area contributed by atoms with E-state index in [2.05, 4.69) is 248 Å². The highest BCUT2D eigenvalue weighted by Crippen LogP contribution is 2.58. The summed E-state index contributed by atoms with van der Waals surface area (Å²) in [7, 11) is 0. The Balaban J connectivity index is 1.07. The molecular formula is C63H43NO. The van der Waals surface area contributed by atoms with Crippen LogP contribution >= 0.6 is 0 Å². The summed E-state index contributed by atoms with van der Waals surface area (Å²) < 4.78 is 6.63. The van der Waals surface area contributed by atoms with Crippen molar-refractivity contribution >= 4 is 39.0 Å². The van der Waals surface area contributed by atoms with Crippen LogP contribution in [0.5, 0.6) is 0 Å². The molecule has 0 fully saturated rings. The molecule has 1 unspecified atom stereocenters. The maximum absolute atomic E-state index is 6.63. The van der Waals surface area contributed by atoms with Crippen molar-refractivity contribution in [2.24, 2.45) is 0 Å². The van der Waals surface area contributed by atoms with Gasteiger partial charge in [0.25, 0.3) is 0 Å². The van der Waals surface area contributed by atoms with Gasteiger partial charge in [0.15, 0.2) is 0 Å². The quantitative estimate of drug-likeness (QED) is 0.159. The average Bonchev–Trinajstić information content (AvgIpc) is 3.99. The molecule has 0 radical (unpaired) electrons. The molecule has 2 heteroatoms. The van der Waals surface area contributed by atoms with Crippen molar-refractivity contribution in [3.8, 4) is 33.4 Å². The van der Waals surface area contributed by atoms with Crippen molar-refractivity contribution < 1.29 is 4.42 Å². The Bertz CT molecular complexity index is 3580. The molecule has 65 heavy (non-hydrogen) atoms. The van der Waals surface area contributed by atoms with E-state index < -0.39 is 5.41 Å². The highest BCUT2D eigenvalue weighted by molar-refractivity contribution is 6.09. The second-order valence-electron chi connectivity index (χ2n) is 17.7. The van der Waals surface area contributed by atoms with Gasteiger partial charge in [-0.25, -0.2) is 0 Å². The minimum absolute atomic E-state index is 0.358. The molecule has 0 N–H and O–H groups in total. The largest absolute Gasteiger partial charge is 0.455 e. The summed E-state index contributed by atoms with van der Waals surface area (Å²) >= 11 is 0. The number of hydrogen-bond donors (Lipinski definition) is 0. The molecule has 1 heterocycles. The molecule has 10 aromatic carbocycles. The third-order valence-electron chi connectivity index (χ3n) is 14.4. The number of nitrogens with zero attached hydrogens (tertiary/aromatic N) is 1. The summed E-state index contributed by atoms with van der Waals surface area (Å²) in [6.45, 7) is 2.40. The molecule has 1 atom stereocenters. The second-order valence-corrected chi connectivity index (χ2v) is 17.7.